The third-order valence-electron chi connectivity index (χ3n) is 16.4. The van der Waals surface area contributed by atoms with Crippen molar-refractivity contribution in [2.45, 2.75) is 19.3 Å². The maximum absolute atomic E-state index is 2.39. The van der Waals surface area contributed by atoms with Gasteiger partial charge in [0.05, 0.1) is 22.1 Å². The molecule has 0 unspecified atom stereocenters. The van der Waals surface area contributed by atoms with Crippen LogP contribution < -0.4 is 0 Å². The van der Waals surface area contributed by atoms with Gasteiger partial charge in [0.25, 0.3) is 0 Å². The lowest BCUT2D eigenvalue weighted by molar-refractivity contribution is 0.660. The van der Waals surface area contributed by atoms with Crippen LogP contribution in [0.2, 0.25) is 0 Å². The Morgan fingerprint density at radius 2 is 0.610 bits per heavy atom. The van der Waals surface area contributed by atoms with E-state index >= 15 is 0 Å². The van der Waals surface area contributed by atoms with Crippen LogP contribution >= 0.6 is 0 Å². The zero-order valence-corrected chi connectivity index (χ0v) is 43.0. The molecule has 1 aliphatic carbocycles. The van der Waals surface area contributed by atoms with Crippen LogP contribution in [0, 0.1) is 0 Å². The van der Waals surface area contributed by atoms with E-state index < -0.39 is 0 Å². The van der Waals surface area contributed by atoms with Gasteiger partial charge in [0.1, 0.15) is 0 Å². The van der Waals surface area contributed by atoms with Crippen LogP contribution in [-0.2, 0) is 5.41 Å². The standard InChI is InChI=1S/C75H52N2/c1-75(2)69-43-51(23-21-49-25-29-55-45-57(33-31-53(55)41-49)59-35-39-73-67(47-59)65-17-9-11-19-71(65)76(73)61-13-5-3-6-14-61)27-37-63(69)64-38-28-52(44-70(64)75)24-22-50-26-30-56-46-58(34-32-54(56)42-50)60-36-40-74-68(48-60)66-18-10-12-20-72(66)77(74)62-15-7-4-8-16-62/h3-48H,1-2H3. The van der Waals surface area contributed by atoms with E-state index in [0.29, 0.717) is 0 Å². The molecule has 0 amide bonds. The average Bonchev–Trinajstić information content (AvgIpc) is 4.20. The van der Waals surface area contributed by atoms with Gasteiger partial charge in [-0.1, -0.05) is 208 Å². The van der Waals surface area contributed by atoms with Crippen molar-refractivity contribution >= 4 is 89.5 Å². The highest BCUT2D eigenvalue weighted by Crippen LogP contribution is 2.49. The number of fused-ring (bicyclic) bond motifs is 11. The number of rotatable bonds is 8. The number of aromatic nitrogens is 2. The van der Waals surface area contributed by atoms with Gasteiger partial charge in [-0.3, -0.25) is 0 Å². The van der Waals surface area contributed by atoms with Gasteiger partial charge in [0.15, 0.2) is 0 Å². The van der Waals surface area contributed by atoms with Gasteiger partial charge in [-0.05, 0) is 173 Å². The summed E-state index contributed by atoms with van der Waals surface area (Å²) in [5.41, 5.74) is 22.2. The van der Waals surface area contributed by atoms with E-state index in [2.05, 4.69) is 302 Å². The maximum atomic E-state index is 2.39. The normalized spacial score (nSPS) is 13.1. The minimum absolute atomic E-state index is 0.132. The van der Waals surface area contributed by atoms with E-state index in [1.807, 2.05) is 0 Å². The smallest absolute Gasteiger partial charge is 0.0541 e. The molecule has 15 rings (SSSR count). The SMILES string of the molecule is CC1(C)c2cc(C=Cc3ccc4cc(-c5ccc6c(c5)c5ccccc5n6-c5ccccc5)ccc4c3)ccc2-c2ccc(C=Cc3ccc4cc(-c5ccc6c(c5)c5ccccc5n6-c5ccccc5)ccc4c3)cc21. The van der Waals surface area contributed by atoms with Crippen LogP contribution in [0.3, 0.4) is 0 Å². The molecule has 362 valence electrons. The first-order valence-corrected chi connectivity index (χ1v) is 26.8. The summed E-state index contributed by atoms with van der Waals surface area (Å²) in [4.78, 5) is 0. The largest absolute Gasteiger partial charge is 0.309 e. The first-order chi connectivity index (χ1) is 37.9. The lowest BCUT2D eigenvalue weighted by Gasteiger charge is -2.22. The predicted molar refractivity (Wildman–Crippen MR) is 329 cm³/mol. The van der Waals surface area contributed by atoms with Crippen molar-refractivity contribution in [2.24, 2.45) is 0 Å². The molecule has 2 nitrogen and oxygen atoms in total. The summed E-state index contributed by atoms with van der Waals surface area (Å²) in [7, 11) is 0. The van der Waals surface area contributed by atoms with Gasteiger partial charge in [0, 0.05) is 38.3 Å². The molecule has 14 aromatic rings. The van der Waals surface area contributed by atoms with Crippen molar-refractivity contribution < 1.29 is 0 Å². The van der Waals surface area contributed by atoms with Crippen LogP contribution in [-0.4, -0.2) is 9.13 Å². The quantitative estimate of drug-likeness (QED) is 0.134. The summed E-state index contributed by atoms with van der Waals surface area (Å²) in [5, 5.41) is 10.0. The van der Waals surface area contributed by atoms with Gasteiger partial charge in [-0.15, -0.1) is 0 Å². The fourth-order valence-electron chi connectivity index (χ4n) is 12.5. The summed E-state index contributed by atoms with van der Waals surface area (Å²) in [6.45, 7) is 4.74. The fourth-order valence-corrected chi connectivity index (χ4v) is 12.5. The zero-order chi connectivity index (χ0) is 51.2. The van der Waals surface area contributed by atoms with Crippen LogP contribution in [0.15, 0.2) is 255 Å². The summed E-state index contributed by atoms with van der Waals surface area (Å²) in [5.74, 6) is 0. The van der Waals surface area contributed by atoms with E-state index in [4.69, 9.17) is 0 Å². The van der Waals surface area contributed by atoms with Gasteiger partial charge in [-0.25, -0.2) is 0 Å². The van der Waals surface area contributed by atoms with Crippen molar-refractivity contribution in [3.63, 3.8) is 0 Å². The second kappa shape index (κ2) is 17.7. The Hall–Kier alpha value is -9.76. The number of benzene rings is 12. The molecular formula is C75H52N2. The second-order valence-electron chi connectivity index (χ2n) is 21.4. The van der Waals surface area contributed by atoms with Crippen LogP contribution in [0.5, 0.6) is 0 Å². The second-order valence-corrected chi connectivity index (χ2v) is 21.4. The topological polar surface area (TPSA) is 9.86 Å². The molecule has 0 spiro atoms. The van der Waals surface area contributed by atoms with Crippen molar-refractivity contribution in [2.75, 3.05) is 0 Å². The fraction of sp³-hybridized carbons (Fsp3) is 0.0400. The molecule has 0 saturated carbocycles. The third kappa shape index (κ3) is 7.55. The number of hydrogen-bond donors (Lipinski definition) is 0. The highest BCUT2D eigenvalue weighted by Gasteiger charge is 2.35. The van der Waals surface area contributed by atoms with Crippen LogP contribution in [0.4, 0.5) is 0 Å². The Kier molecular flexibility index (Phi) is 10.3. The molecule has 0 aliphatic heterocycles. The Balaban J connectivity index is 0.649. The molecule has 0 radical (unpaired) electrons. The van der Waals surface area contributed by atoms with Crippen molar-refractivity contribution in [3.05, 3.63) is 288 Å². The summed E-state index contributed by atoms with van der Waals surface area (Å²) >= 11 is 0. The molecule has 2 heteroatoms. The predicted octanol–water partition coefficient (Wildman–Crippen LogP) is 20.2. The molecule has 12 aromatic carbocycles. The van der Waals surface area contributed by atoms with E-state index in [1.54, 1.807) is 0 Å². The van der Waals surface area contributed by atoms with Gasteiger partial charge < -0.3 is 9.13 Å². The van der Waals surface area contributed by atoms with E-state index in [9.17, 15) is 0 Å². The molecular weight excluding hydrogens is 929 g/mol. The first kappa shape index (κ1) is 44.7. The monoisotopic (exact) mass is 980 g/mol. The first-order valence-electron chi connectivity index (χ1n) is 26.8. The highest BCUT2D eigenvalue weighted by molar-refractivity contribution is 6.12. The van der Waals surface area contributed by atoms with Gasteiger partial charge >= 0.3 is 0 Å². The Bertz CT molecular complexity index is 4450. The molecule has 0 N–H and O–H groups in total. The average molecular weight is 981 g/mol. The zero-order valence-electron chi connectivity index (χ0n) is 43.0. The summed E-state index contributed by atoms with van der Waals surface area (Å²) in [6, 6.07) is 93.9. The number of hydrogen-bond acceptors (Lipinski definition) is 0. The van der Waals surface area contributed by atoms with E-state index in [0.717, 1.165) is 0 Å². The summed E-state index contributed by atoms with van der Waals surface area (Å²) in [6.07, 6.45) is 9.03. The maximum Gasteiger partial charge on any atom is 0.0541 e. The molecule has 77 heavy (non-hydrogen) atoms. The van der Waals surface area contributed by atoms with Gasteiger partial charge in [0.2, 0.25) is 0 Å². The van der Waals surface area contributed by atoms with E-state index in [-0.39, 0.29) is 5.41 Å². The molecule has 0 fully saturated rings. The Morgan fingerprint density at radius 3 is 1.06 bits per heavy atom. The lowest BCUT2D eigenvalue weighted by atomic mass is 9.81. The Labute approximate surface area is 448 Å². The van der Waals surface area contributed by atoms with Crippen molar-refractivity contribution in [3.8, 4) is 44.8 Å². The molecule has 1 aliphatic rings. The van der Waals surface area contributed by atoms with Crippen molar-refractivity contribution in [1.29, 1.82) is 0 Å². The molecule has 0 bridgehead atoms. The lowest BCUT2D eigenvalue weighted by Crippen LogP contribution is -2.15. The third-order valence-corrected chi connectivity index (χ3v) is 16.4. The van der Waals surface area contributed by atoms with Crippen molar-refractivity contribution in [1.82, 2.24) is 9.13 Å². The number of nitrogens with zero attached hydrogens (tertiary/aromatic N) is 2. The van der Waals surface area contributed by atoms with Crippen LogP contribution in [0.25, 0.3) is 134 Å². The molecule has 0 atom stereocenters. The minimum Gasteiger partial charge on any atom is -0.309 e. The summed E-state index contributed by atoms with van der Waals surface area (Å²) < 4.78 is 4.74. The minimum atomic E-state index is -0.132. The Morgan fingerprint density at radius 1 is 0.273 bits per heavy atom. The molecule has 2 aromatic heterocycles. The number of para-hydroxylation sites is 4. The highest BCUT2D eigenvalue weighted by atomic mass is 15.0. The van der Waals surface area contributed by atoms with Crippen LogP contribution in [0.1, 0.15) is 47.2 Å². The molecule has 0 saturated heterocycles. The molecule has 2 heterocycles. The van der Waals surface area contributed by atoms with E-state index in [1.165, 1.54) is 143 Å². The van der Waals surface area contributed by atoms with Gasteiger partial charge in [-0.2, -0.15) is 0 Å².